The van der Waals surface area contributed by atoms with Crippen molar-refractivity contribution in [2.75, 3.05) is 35.5 Å². The number of hydrogen-bond donors (Lipinski definition) is 0. The van der Waals surface area contributed by atoms with Crippen molar-refractivity contribution in [1.82, 2.24) is 0 Å². The summed E-state index contributed by atoms with van der Waals surface area (Å²) in [5.41, 5.74) is 15.8. The van der Waals surface area contributed by atoms with Gasteiger partial charge in [0.1, 0.15) is 34.3 Å². The number of benzene rings is 6. The van der Waals surface area contributed by atoms with Crippen molar-refractivity contribution in [3.8, 4) is 28.7 Å². The quantitative estimate of drug-likeness (QED) is 0.0702. The second kappa shape index (κ2) is 19.5. The first-order valence-electron chi connectivity index (χ1n) is 21.8. The molecule has 64 heavy (non-hydrogen) atoms. The Balaban J connectivity index is 0.966. The minimum absolute atomic E-state index is 0.209. The average molecular weight is 855 g/mol. The zero-order valence-corrected chi connectivity index (χ0v) is 37.5. The minimum Gasteiger partial charge on any atom is -0.497 e. The van der Waals surface area contributed by atoms with Gasteiger partial charge in [0.2, 0.25) is 0 Å². The van der Waals surface area contributed by atoms with E-state index in [4.69, 9.17) is 28.4 Å². The van der Waals surface area contributed by atoms with E-state index in [1.165, 1.54) is 51.6 Å². The third-order valence-corrected chi connectivity index (χ3v) is 12.6. The van der Waals surface area contributed by atoms with Gasteiger partial charge in [-0.2, -0.15) is 0 Å². The number of carbonyl (C=O) groups excluding carboxylic acids is 2. The molecule has 0 spiro atoms. The second-order valence-corrected chi connectivity index (χ2v) is 16.3. The number of carbonyl (C=O) groups is 2. The molecule has 0 aliphatic heterocycles. The maximum Gasteiger partial charge on any atom is 0.343 e. The lowest BCUT2D eigenvalue weighted by Gasteiger charge is -2.17. The highest BCUT2D eigenvalue weighted by atomic mass is 16.5. The van der Waals surface area contributed by atoms with Crippen LogP contribution < -0.4 is 23.7 Å². The lowest BCUT2D eigenvalue weighted by atomic mass is 9.91. The smallest absolute Gasteiger partial charge is 0.343 e. The molecule has 8 rings (SSSR count). The highest BCUT2D eigenvalue weighted by Crippen LogP contribution is 2.40. The molecule has 6 aromatic carbocycles. The van der Waals surface area contributed by atoms with E-state index in [0.29, 0.717) is 12.0 Å². The maximum absolute atomic E-state index is 13.8. The van der Waals surface area contributed by atoms with Gasteiger partial charge in [-0.05, 0) is 174 Å². The Labute approximate surface area is 376 Å². The molecule has 0 bridgehead atoms. The summed E-state index contributed by atoms with van der Waals surface area (Å²) in [6.07, 6.45) is 11.1. The number of rotatable bonds is 16. The van der Waals surface area contributed by atoms with E-state index >= 15 is 0 Å². The Morgan fingerprint density at radius 2 is 1.27 bits per heavy atom. The lowest BCUT2D eigenvalue weighted by Crippen LogP contribution is -2.14. The predicted molar refractivity (Wildman–Crippen MR) is 252 cm³/mol. The summed E-state index contributed by atoms with van der Waals surface area (Å²) in [7, 11) is 8.06. The van der Waals surface area contributed by atoms with Gasteiger partial charge in [0.05, 0.1) is 41.1 Å². The molecule has 0 saturated carbocycles. The van der Waals surface area contributed by atoms with Crippen LogP contribution in [0.25, 0.3) is 17.2 Å². The molecule has 326 valence electrons. The van der Waals surface area contributed by atoms with Crippen molar-refractivity contribution in [1.29, 1.82) is 0 Å². The summed E-state index contributed by atoms with van der Waals surface area (Å²) in [6, 6.07) is 36.0. The third kappa shape index (κ3) is 9.18. The van der Waals surface area contributed by atoms with Gasteiger partial charge in [-0.1, -0.05) is 60.7 Å². The Bertz CT molecular complexity index is 2780. The topological polar surface area (TPSA) is 89.5 Å². The zero-order valence-electron chi connectivity index (χ0n) is 37.5. The first-order chi connectivity index (χ1) is 31.2. The number of esters is 2. The standard InChI is InChI=1S/C56H54O8/c1-35-37(19-20-39-10-8-12-41-22-24-44(53(39)41)32-46-34-48(60-3)27-30-51(46)62-5)25-28-49(56(58)63-6)54(35)64-55(57)42-17-14-36(15-18-42)13-16-38-9-7-11-40-21-23-43(52(38)40)31-45-33-47(59-2)26-29-50(45)61-4/h7-12,14-15,17-18,23,25-30,32-34H,13,16,19-22,24,31H2,1-6H3/b44-32+. The minimum atomic E-state index is -0.565. The summed E-state index contributed by atoms with van der Waals surface area (Å²) in [5, 5.41) is 0. The van der Waals surface area contributed by atoms with Crippen LogP contribution in [0.4, 0.5) is 0 Å². The van der Waals surface area contributed by atoms with Crippen LogP contribution in [0.5, 0.6) is 28.7 Å². The lowest BCUT2D eigenvalue weighted by molar-refractivity contribution is 0.0592. The number of aryl methyl sites for hydroxylation is 5. The Hall–Kier alpha value is -7.06. The van der Waals surface area contributed by atoms with Gasteiger partial charge in [0, 0.05) is 17.5 Å². The van der Waals surface area contributed by atoms with E-state index < -0.39 is 11.9 Å². The molecule has 2 aliphatic carbocycles. The molecule has 0 radical (unpaired) electrons. The second-order valence-electron chi connectivity index (χ2n) is 16.3. The van der Waals surface area contributed by atoms with Crippen LogP contribution in [0.3, 0.4) is 0 Å². The van der Waals surface area contributed by atoms with Gasteiger partial charge < -0.3 is 28.4 Å². The maximum atomic E-state index is 13.8. The van der Waals surface area contributed by atoms with Crippen LogP contribution >= 0.6 is 0 Å². The molecule has 0 unspecified atom stereocenters. The highest BCUT2D eigenvalue weighted by molar-refractivity contribution is 5.97. The summed E-state index contributed by atoms with van der Waals surface area (Å²) >= 11 is 0. The van der Waals surface area contributed by atoms with E-state index in [-0.39, 0.29) is 11.3 Å². The van der Waals surface area contributed by atoms with Crippen LogP contribution in [-0.2, 0) is 49.7 Å². The van der Waals surface area contributed by atoms with Gasteiger partial charge in [-0.3, -0.25) is 0 Å². The normalized spacial score (nSPS) is 13.2. The molecule has 0 aromatic heterocycles. The van der Waals surface area contributed by atoms with Gasteiger partial charge in [0.25, 0.3) is 0 Å². The number of methoxy groups -OCH3 is 5. The Kier molecular flexibility index (Phi) is 13.3. The first kappa shape index (κ1) is 43.6. The van der Waals surface area contributed by atoms with Crippen LogP contribution in [0.1, 0.15) is 88.3 Å². The number of fused-ring (bicyclic) bond motifs is 2. The fraction of sp³-hybridized carbons (Fsp3) is 0.250. The van der Waals surface area contributed by atoms with E-state index in [0.717, 1.165) is 95.8 Å². The molecular weight excluding hydrogens is 801 g/mol. The largest absolute Gasteiger partial charge is 0.497 e. The fourth-order valence-corrected chi connectivity index (χ4v) is 9.24. The Morgan fingerprint density at radius 1 is 0.594 bits per heavy atom. The number of ether oxygens (including phenoxy) is 6. The van der Waals surface area contributed by atoms with Gasteiger partial charge in [-0.15, -0.1) is 0 Å². The summed E-state index contributed by atoms with van der Waals surface area (Å²) < 4.78 is 33.6. The van der Waals surface area contributed by atoms with Crippen LogP contribution in [0.15, 0.2) is 115 Å². The van der Waals surface area contributed by atoms with E-state index in [1.54, 1.807) is 46.6 Å². The van der Waals surface area contributed by atoms with Gasteiger partial charge in [-0.25, -0.2) is 9.59 Å². The molecule has 0 N–H and O–H groups in total. The zero-order chi connectivity index (χ0) is 44.7. The fourth-order valence-electron chi connectivity index (χ4n) is 9.24. The summed E-state index contributed by atoms with van der Waals surface area (Å²) in [6.45, 7) is 1.90. The molecule has 0 amide bonds. The molecule has 8 heteroatoms. The van der Waals surface area contributed by atoms with E-state index in [2.05, 4.69) is 54.6 Å². The van der Waals surface area contributed by atoms with Crippen LogP contribution in [-0.4, -0.2) is 47.5 Å². The Morgan fingerprint density at radius 3 is 1.98 bits per heavy atom. The highest BCUT2D eigenvalue weighted by Gasteiger charge is 2.24. The van der Waals surface area contributed by atoms with Crippen molar-refractivity contribution in [2.24, 2.45) is 0 Å². The van der Waals surface area contributed by atoms with Crippen molar-refractivity contribution >= 4 is 29.2 Å². The van der Waals surface area contributed by atoms with E-state index in [9.17, 15) is 9.59 Å². The predicted octanol–water partition coefficient (Wildman–Crippen LogP) is 11.3. The molecule has 8 nitrogen and oxygen atoms in total. The van der Waals surface area contributed by atoms with Crippen molar-refractivity contribution in [3.63, 3.8) is 0 Å². The van der Waals surface area contributed by atoms with Crippen molar-refractivity contribution < 1.29 is 38.0 Å². The van der Waals surface area contributed by atoms with Gasteiger partial charge >= 0.3 is 11.9 Å². The SMILES string of the molecule is COC(=O)c1ccc(CCc2cccc3c2/C(=C/c2cc(OC)ccc2OC)CC3)c(C)c1OC(=O)c1ccc(CCc2cccc3c2C(Cc2cc(OC)ccc2OC)=CC3)cc1. The molecule has 0 heterocycles. The average Bonchev–Trinajstić information content (AvgIpc) is 3.95. The molecular formula is C56H54O8. The first-order valence-corrected chi connectivity index (χ1v) is 21.8. The molecule has 0 atom stereocenters. The third-order valence-electron chi connectivity index (χ3n) is 12.6. The number of allylic oxidation sites excluding steroid dienone is 3. The van der Waals surface area contributed by atoms with Gasteiger partial charge in [0.15, 0.2) is 0 Å². The van der Waals surface area contributed by atoms with Crippen LogP contribution in [0, 0.1) is 6.92 Å². The van der Waals surface area contributed by atoms with Crippen molar-refractivity contribution in [2.45, 2.75) is 58.3 Å². The van der Waals surface area contributed by atoms with E-state index in [1.807, 2.05) is 55.5 Å². The summed E-state index contributed by atoms with van der Waals surface area (Å²) in [5.74, 6) is 2.33. The number of hydrogen-bond acceptors (Lipinski definition) is 8. The van der Waals surface area contributed by atoms with Crippen molar-refractivity contribution in [3.05, 3.63) is 188 Å². The molecule has 2 aliphatic rings. The molecule has 0 saturated heterocycles. The molecule has 0 fully saturated rings. The van der Waals surface area contributed by atoms with Crippen LogP contribution in [0.2, 0.25) is 0 Å². The summed E-state index contributed by atoms with van der Waals surface area (Å²) in [4.78, 5) is 26.8. The monoisotopic (exact) mass is 854 g/mol. The molecule has 6 aromatic rings.